The molecule has 0 spiro atoms. The average Bonchev–Trinajstić information content (AvgIpc) is 2.91. The predicted octanol–water partition coefficient (Wildman–Crippen LogP) is 3.48. The highest BCUT2D eigenvalue weighted by Gasteiger charge is 2.16. The summed E-state index contributed by atoms with van der Waals surface area (Å²) in [6.07, 6.45) is 3.22. The van der Waals surface area contributed by atoms with Crippen molar-refractivity contribution < 1.29 is 0 Å². The summed E-state index contributed by atoms with van der Waals surface area (Å²) in [5.41, 5.74) is 4.30. The highest BCUT2D eigenvalue weighted by atomic mass is 15.3. The number of nitrogens with zero attached hydrogens (tertiary/aromatic N) is 3. The summed E-state index contributed by atoms with van der Waals surface area (Å²) in [6, 6.07) is 12.6. The Morgan fingerprint density at radius 2 is 1.85 bits per heavy atom. The van der Waals surface area contributed by atoms with Crippen molar-refractivity contribution in [2.75, 3.05) is 18.0 Å². The first kappa shape index (κ1) is 13.0. The highest BCUT2D eigenvalue weighted by molar-refractivity contribution is 5.41. The van der Waals surface area contributed by atoms with Crippen molar-refractivity contribution in [3.8, 4) is 0 Å². The van der Waals surface area contributed by atoms with E-state index in [0.29, 0.717) is 0 Å². The summed E-state index contributed by atoms with van der Waals surface area (Å²) in [7, 11) is 0. The zero-order valence-corrected chi connectivity index (χ0v) is 12.2. The topological polar surface area (TPSA) is 21.1 Å². The van der Waals surface area contributed by atoms with Gasteiger partial charge < -0.3 is 4.90 Å². The molecule has 1 aromatic heterocycles. The third kappa shape index (κ3) is 2.77. The molecule has 0 unspecified atom stereocenters. The van der Waals surface area contributed by atoms with Gasteiger partial charge in [0.05, 0.1) is 6.54 Å². The molecular formula is C17H21N3. The number of hydrogen-bond donors (Lipinski definition) is 0. The summed E-state index contributed by atoms with van der Waals surface area (Å²) in [6.45, 7) is 7.38. The first-order valence-electron chi connectivity index (χ1n) is 7.20. The first-order valence-corrected chi connectivity index (χ1v) is 7.20. The van der Waals surface area contributed by atoms with Crippen molar-refractivity contribution in [3.05, 3.63) is 59.3 Å². The Kier molecular flexibility index (Phi) is 3.59. The predicted molar refractivity (Wildman–Crippen MR) is 83.0 cm³/mol. The lowest BCUT2D eigenvalue weighted by Gasteiger charge is -2.28. The third-order valence-electron chi connectivity index (χ3n) is 4.05. The Bertz CT molecular complexity index is 610. The zero-order chi connectivity index (χ0) is 13.9. The molecule has 3 rings (SSSR count). The molecular weight excluding hydrogens is 246 g/mol. The van der Waals surface area contributed by atoms with Crippen LogP contribution in [0.15, 0.2) is 53.7 Å². The van der Waals surface area contributed by atoms with E-state index < -0.39 is 0 Å². The monoisotopic (exact) mass is 267 g/mol. The van der Waals surface area contributed by atoms with Crippen LogP contribution in [0.2, 0.25) is 0 Å². The van der Waals surface area contributed by atoms with E-state index in [1.54, 1.807) is 0 Å². The smallest absolute Gasteiger partial charge is 0.150 e. The maximum absolute atomic E-state index is 4.71. The number of anilines is 1. The van der Waals surface area contributed by atoms with Crippen LogP contribution < -0.4 is 4.90 Å². The van der Waals surface area contributed by atoms with Crippen LogP contribution >= 0.6 is 0 Å². The molecule has 104 valence electrons. The van der Waals surface area contributed by atoms with Crippen molar-refractivity contribution >= 4 is 5.82 Å². The molecule has 0 radical (unpaired) electrons. The van der Waals surface area contributed by atoms with E-state index in [-0.39, 0.29) is 0 Å². The quantitative estimate of drug-likeness (QED) is 0.794. The Balaban J connectivity index is 1.71. The van der Waals surface area contributed by atoms with Crippen LogP contribution in [-0.2, 0) is 6.54 Å². The molecule has 20 heavy (non-hydrogen) atoms. The van der Waals surface area contributed by atoms with E-state index in [1.807, 2.05) is 10.7 Å². The van der Waals surface area contributed by atoms with Gasteiger partial charge in [0.2, 0.25) is 0 Å². The second-order valence-corrected chi connectivity index (χ2v) is 5.59. The molecule has 0 saturated heterocycles. The zero-order valence-electron chi connectivity index (χ0n) is 12.2. The Labute approximate surface area is 120 Å². The van der Waals surface area contributed by atoms with Crippen LogP contribution in [0.25, 0.3) is 0 Å². The van der Waals surface area contributed by atoms with Gasteiger partial charge in [0.25, 0.3) is 0 Å². The average molecular weight is 267 g/mol. The summed E-state index contributed by atoms with van der Waals surface area (Å²) in [5.74, 6) is 1.09. The van der Waals surface area contributed by atoms with Gasteiger partial charge in [0, 0.05) is 25.4 Å². The van der Waals surface area contributed by atoms with Crippen molar-refractivity contribution in [1.82, 2.24) is 9.78 Å². The van der Waals surface area contributed by atoms with Crippen molar-refractivity contribution in [3.63, 3.8) is 0 Å². The molecule has 2 heterocycles. The van der Waals surface area contributed by atoms with Crippen LogP contribution in [0.4, 0.5) is 5.82 Å². The molecule has 0 bridgehead atoms. The van der Waals surface area contributed by atoms with Gasteiger partial charge in [-0.15, -0.1) is 0 Å². The number of benzene rings is 1. The van der Waals surface area contributed by atoms with Gasteiger partial charge in [-0.2, -0.15) is 5.10 Å². The fourth-order valence-electron chi connectivity index (χ4n) is 2.59. The lowest BCUT2D eigenvalue weighted by atomic mass is 10.0. The normalized spacial score (nSPS) is 15.8. The molecule has 0 N–H and O–H groups in total. The Morgan fingerprint density at radius 1 is 1.05 bits per heavy atom. The molecule has 0 amide bonds. The van der Waals surface area contributed by atoms with E-state index >= 15 is 0 Å². The standard InChI is InChI=1S/C17H21N3/c1-14-8-10-19(12-15(14)2)17-9-11-20(18-17)13-16-6-4-3-5-7-16/h3-7,9,11H,8,10,12-13H2,1-2H3. The maximum Gasteiger partial charge on any atom is 0.150 e. The summed E-state index contributed by atoms with van der Waals surface area (Å²) < 4.78 is 2.02. The SMILES string of the molecule is CC1=C(C)CN(c2ccn(Cc3ccccc3)n2)CC1. The molecule has 1 aliphatic rings. The van der Waals surface area contributed by atoms with Crippen LogP contribution in [0.5, 0.6) is 0 Å². The van der Waals surface area contributed by atoms with Crippen molar-refractivity contribution in [2.45, 2.75) is 26.8 Å². The fraction of sp³-hybridized carbons (Fsp3) is 0.353. The second-order valence-electron chi connectivity index (χ2n) is 5.59. The van der Waals surface area contributed by atoms with Crippen molar-refractivity contribution in [2.24, 2.45) is 0 Å². The third-order valence-corrected chi connectivity index (χ3v) is 4.05. The molecule has 1 aliphatic heterocycles. The highest BCUT2D eigenvalue weighted by Crippen LogP contribution is 2.21. The van der Waals surface area contributed by atoms with Gasteiger partial charge in [-0.25, -0.2) is 0 Å². The van der Waals surface area contributed by atoms with Gasteiger partial charge in [-0.3, -0.25) is 4.68 Å². The van der Waals surface area contributed by atoms with Crippen LogP contribution in [-0.4, -0.2) is 22.9 Å². The summed E-state index contributed by atoms with van der Waals surface area (Å²) >= 11 is 0. The van der Waals surface area contributed by atoms with E-state index in [1.165, 1.54) is 16.7 Å². The molecule has 3 heteroatoms. The molecule has 0 aliphatic carbocycles. The van der Waals surface area contributed by atoms with Gasteiger partial charge in [-0.1, -0.05) is 41.5 Å². The molecule has 2 aromatic rings. The van der Waals surface area contributed by atoms with E-state index in [0.717, 1.165) is 31.9 Å². The number of rotatable bonds is 3. The Hall–Kier alpha value is -2.03. The summed E-state index contributed by atoms with van der Waals surface area (Å²) in [4.78, 5) is 2.36. The van der Waals surface area contributed by atoms with Crippen LogP contribution in [0.1, 0.15) is 25.8 Å². The van der Waals surface area contributed by atoms with Crippen molar-refractivity contribution in [1.29, 1.82) is 0 Å². The van der Waals surface area contributed by atoms with Crippen LogP contribution in [0, 0.1) is 0 Å². The lowest BCUT2D eigenvalue weighted by molar-refractivity contribution is 0.669. The molecule has 0 atom stereocenters. The first-order chi connectivity index (χ1) is 9.72. The minimum absolute atomic E-state index is 0.836. The molecule has 1 aromatic carbocycles. The van der Waals surface area contributed by atoms with Gasteiger partial charge in [0.1, 0.15) is 0 Å². The molecule has 3 nitrogen and oxygen atoms in total. The van der Waals surface area contributed by atoms with Gasteiger partial charge >= 0.3 is 0 Å². The fourth-order valence-corrected chi connectivity index (χ4v) is 2.59. The minimum atomic E-state index is 0.836. The van der Waals surface area contributed by atoms with Gasteiger partial charge in [0.15, 0.2) is 5.82 Å². The molecule has 0 fully saturated rings. The lowest BCUT2D eigenvalue weighted by Crippen LogP contribution is -2.31. The maximum atomic E-state index is 4.71. The van der Waals surface area contributed by atoms with E-state index in [9.17, 15) is 0 Å². The van der Waals surface area contributed by atoms with Gasteiger partial charge in [-0.05, 0) is 25.8 Å². The second kappa shape index (κ2) is 5.53. The summed E-state index contributed by atoms with van der Waals surface area (Å²) in [5, 5.41) is 4.71. The van der Waals surface area contributed by atoms with E-state index in [2.05, 4.69) is 55.3 Å². The largest absolute Gasteiger partial charge is 0.351 e. The van der Waals surface area contributed by atoms with E-state index in [4.69, 9.17) is 5.10 Å². The van der Waals surface area contributed by atoms with Crippen LogP contribution in [0.3, 0.4) is 0 Å². The Morgan fingerprint density at radius 3 is 2.60 bits per heavy atom. The number of aromatic nitrogens is 2. The molecule has 0 saturated carbocycles. The number of hydrogen-bond acceptors (Lipinski definition) is 2. The minimum Gasteiger partial charge on any atom is -0.351 e.